The van der Waals surface area contributed by atoms with Gasteiger partial charge in [-0.1, -0.05) is 30.3 Å². The van der Waals surface area contributed by atoms with Crippen molar-refractivity contribution in [1.29, 1.82) is 5.26 Å². The minimum Gasteiger partial charge on any atom is -0.290 e. The van der Waals surface area contributed by atoms with E-state index in [4.69, 9.17) is 0 Å². The SMILES string of the molecule is N#Cc1c(-c2ccccc2)nc(NN=Cc2cc(F)c([N+](=O)[O-])cc2Br)[nH]c1=O. The molecule has 0 saturated carbocycles. The maximum Gasteiger partial charge on any atom is 0.305 e. The van der Waals surface area contributed by atoms with Gasteiger partial charge in [-0.2, -0.15) is 14.8 Å². The number of hydrazone groups is 1. The zero-order chi connectivity index (χ0) is 21.0. The number of hydrogen-bond acceptors (Lipinski definition) is 7. The molecule has 0 saturated heterocycles. The zero-order valence-electron chi connectivity index (χ0n) is 14.4. The van der Waals surface area contributed by atoms with Crippen molar-refractivity contribution in [3.05, 3.63) is 84.3 Å². The molecule has 29 heavy (non-hydrogen) atoms. The lowest BCUT2D eigenvalue weighted by Crippen LogP contribution is -2.16. The first-order valence-electron chi connectivity index (χ1n) is 7.93. The Labute approximate surface area is 170 Å². The van der Waals surface area contributed by atoms with Crippen molar-refractivity contribution < 1.29 is 9.31 Å². The molecule has 0 unspecified atom stereocenters. The van der Waals surface area contributed by atoms with E-state index in [1.807, 2.05) is 6.07 Å². The average molecular weight is 457 g/mol. The molecule has 0 radical (unpaired) electrons. The van der Waals surface area contributed by atoms with Crippen LogP contribution in [0.5, 0.6) is 0 Å². The normalized spacial score (nSPS) is 10.7. The maximum absolute atomic E-state index is 13.8. The quantitative estimate of drug-likeness (QED) is 0.342. The molecule has 11 heteroatoms. The fraction of sp³-hybridized carbons (Fsp3) is 0. The van der Waals surface area contributed by atoms with E-state index in [0.717, 1.165) is 12.1 Å². The van der Waals surface area contributed by atoms with E-state index in [1.54, 1.807) is 30.3 Å². The van der Waals surface area contributed by atoms with Crippen LogP contribution in [0.4, 0.5) is 16.0 Å². The van der Waals surface area contributed by atoms with Crippen LogP contribution in [-0.2, 0) is 0 Å². The third-order valence-corrected chi connectivity index (χ3v) is 4.40. The highest BCUT2D eigenvalue weighted by atomic mass is 79.9. The van der Waals surface area contributed by atoms with E-state index in [1.165, 1.54) is 6.21 Å². The van der Waals surface area contributed by atoms with Gasteiger partial charge in [-0.05, 0) is 22.0 Å². The fourth-order valence-electron chi connectivity index (χ4n) is 2.39. The molecule has 3 rings (SSSR count). The Hall–Kier alpha value is -3.91. The largest absolute Gasteiger partial charge is 0.305 e. The van der Waals surface area contributed by atoms with Crippen LogP contribution in [0.15, 0.2) is 56.8 Å². The molecule has 0 bridgehead atoms. The van der Waals surface area contributed by atoms with Crippen molar-refractivity contribution in [3.8, 4) is 17.3 Å². The number of aromatic amines is 1. The van der Waals surface area contributed by atoms with E-state index in [9.17, 15) is 24.6 Å². The van der Waals surface area contributed by atoms with Gasteiger partial charge >= 0.3 is 5.69 Å². The molecule has 0 spiro atoms. The Kier molecular flexibility index (Phi) is 5.75. The Balaban J connectivity index is 1.91. The second-order valence-electron chi connectivity index (χ2n) is 5.57. The summed E-state index contributed by atoms with van der Waals surface area (Å²) in [5.74, 6) is -1.06. The summed E-state index contributed by atoms with van der Waals surface area (Å²) in [5, 5.41) is 23.9. The molecule has 0 amide bonds. The standard InChI is InChI=1S/C18H10BrFN6O3/c19-13-7-15(26(28)29)14(20)6-11(13)9-22-25-18-23-16(10-4-2-1-3-5-10)12(8-21)17(27)24-18/h1-7,9H,(H2,23,24,25,27). The molecular formula is C18H10BrFN6O3. The highest BCUT2D eigenvalue weighted by molar-refractivity contribution is 9.10. The lowest BCUT2D eigenvalue weighted by molar-refractivity contribution is -0.387. The molecule has 9 nitrogen and oxygen atoms in total. The van der Waals surface area contributed by atoms with Crippen molar-refractivity contribution in [2.24, 2.45) is 5.10 Å². The van der Waals surface area contributed by atoms with Crippen LogP contribution in [0.1, 0.15) is 11.1 Å². The highest BCUT2D eigenvalue weighted by Crippen LogP contribution is 2.25. The summed E-state index contributed by atoms with van der Waals surface area (Å²) in [5.41, 5.74) is 2.00. The van der Waals surface area contributed by atoms with E-state index >= 15 is 0 Å². The van der Waals surface area contributed by atoms with Gasteiger partial charge in [0, 0.05) is 21.7 Å². The molecule has 0 aliphatic rings. The van der Waals surface area contributed by atoms with Crippen molar-refractivity contribution in [2.75, 3.05) is 5.43 Å². The van der Waals surface area contributed by atoms with Crippen molar-refractivity contribution in [3.63, 3.8) is 0 Å². The molecule has 0 aliphatic heterocycles. The molecule has 3 aromatic rings. The third-order valence-electron chi connectivity index (χ3n) is 3.72. The lowest BCUT2D eigenvalue weighted by atomic mass is 10.1. The summed E-state index contributed by atoms with van der Waals surface area (Å²) in [7, 11) is 0. The second kappa shape index (κ2) is 8.41. The van der Waals surface area contributed by atoms with Gasteiger partial charge in [0.1, 0.15) is 11.6 Å². The summed E-state index contributed by atoms with van der Waals surface area (Å²) in [6.07, 6.45) is 1.19. The van der Waals surface area contributed by atoms with Gasteiger partial charge in [-0.25, -0.2) is 10.4 Å². The minimum atomic E-state index is -1.02. The molecule has 0 atom stereocenters. The van der Waals surface area contributed by atoms with Crippen LogP contribution < -0.4 is 11.0 Å². The predicted molar refractivity (Wildman–Crippen MR) is 107 cm³/mol. The summed E-state index contributed by atoms with van der Waals surface area (Å²) in [6.45, 7) is 0. The molecular weight excluding hydrogens is 447 g/mol. The number of anilines is 1. The number of nitrogens with zero attached hydrogens (tertiary/aromatic N) is 4. The Morgan fingerprint density at radius 1 is 1.34 bits per heavy atom. The van der Waals surface area contributed by atoms with E-state index in [-0.39, 0.29) is 27.2 Å². The first kappa shape index (κ1) is 19.8. The van der Waals surface area contributed by atoms with E-state index in [2.05, 4.69) is 36.4 Å². The molecule has 1 aromatic heterocycles. The predicted octanol–water partition coefficient (Wildman–Crippen LogP) is 3.56. The number of halogens is 2. The minimum absolute atomic E-state index is 0.0393. The lowest BCUT2D eigenvalue weighted by Gasteiger charge is -2.06. The number of rotatable bonds is 5. The molecule has 0 fully saturated rings. The molecule has 2 N–H and O–H groups in total. The van der Waals surface area contributed by atoms with Gasteiger partial charge in [0.25, 0.3) is 5.56 Å². The number of nitrogens with one attached hydrogen (secondary N) is 2. The summed E-state index contributed by atoms with van der Waals surface area (Å²) in [4.78, 5) is 28.7. The second-order valence-corrected chi connectivity index (χ2v) is 6.42. The highest BCUT2D eigenvalue weighted by Gasteiger charge is 2.17. The van der Waals surface area contributed by atoms with Gasteiger partial charge in [-0.15, -0.1) is 0 Å². The number of nitro benzene ring substituents is 1. The van der Waals surface area contributed by atoms with Gasteiger partial charge < -0.3 is 0 Å². The van der Waals surface area contributed by atoms with Crippen LogP contribution in [0.3, 0.4) is 0 Å². The van der Waals surface area contributed by atoms with Crippen LogP contribution in [0.2, 0.25) is 0 Å². The van der Waals surface area contributed by atoms with Gasteiger partial charge in [0.15, 0.2) is 0 Å². The Bertz CT molecular complexity index is 1220. The topological polar surface area (TPSA) is 137 Å². The van der Waals surface area contributed by atoms with E-state index < -0.39 is 22.0 Å². The van der Waals surface area contributed by atoms with Crippen LogP contribution in [-0.4, -0.2) is 21.1 Å². The third kappa shape index (κ3) is 4.33. The van der Waals surface area contributed by atoms with Crippen molar-refractivity contribution in [2.45, 2.75) is 0 Å². The number of aromatic nitrogens is 2. The van der Waals surface area contributed by atoms with Gasteiger partial charge in [-0.3, -0.25) is 19.9 Å². The van der Waals surface area contributed by atoms with Crippen molar-refractivity contribution in [1.82, 2.24) is 9.97 Å². The average Bonchev–Trinajstić information content (AvgIpc) is 2.70. The first-order chi connectivity index (χ1) is 13.9. The number of benzene rings is 2. The Morgan fingerprint density at radius 2 is 2.07 bits per heavy atom. The van der Waals surface area contributed by atoms with Crippen LogP contribution in [0, 0.1) is 27.3 Å². The summed E-state index contributed by atoms with van der Waals surface area (Å²) < 4.78 is 14.0. The van der Waals surface area contributed by atoms with Crippen LogP contribution >= 0.6 is 15.9 Å². The van der Waals surface area contributed by atoms with E-state index in [0.29, 0.717) is 5.56 Å². The fourth-order valence-corrected chi connectivity index (χ4v) is 2.82. The zero-order valence-corrected chi connectivity index (χ0v) is 16.0. The number of H-pyrrole nitrogens is 1. The van der Waals surface area contributed by atoms with Crippen LogP contribution in [0.25, 0.3) is 11.3 Å². The van der Waals surface area contributed by atoms with Gasteiger partial charge in [0.2, 0.25) is 11.8 Å². The molecule has 1 heterocycles. The summed E-state index contributed by atoms with van der Waals surface area (Å²) in [6, 6.07) is 12.5. The molecule has 0 aliphatic carbocycles. The Morgan fingerprint density at radius 3 is 2.72 bits per heavy atom. The van der Waals surface area contributed by atoms with Crippen molar-refractivity contribution >= 4 is 33.8 Å². The summed E-state index contributed by atoms with van der Waals surface area (Å²) >= 11 is 3.11. The maximum atomic E-state index is 13.8. The number of hydrogen-bond donors (Lipinski definition) is 2. The van der Waals surface area contributed by atoms with Gasteiger partial charge in [0.05, 0.1) is 16.8 Å². The monoisotopic (exact) mass is 456 g/mol. The smallest absolute Gasteiger partial charge is 0.290 e. The number of nitro groups is 1. The molecule has 144 valence electrons. The first-order valence-corrected chi connectivity index (χ1v) is 8.72. The number of nitriles is 1. The molecule has 2 aromatic carbocycles.